The third-order valence-electron chi connectivity index (χ3n) is 6.93. The second kappa shape index (κ2) is 8.74. The molecular formula is C20H45NO3Si2. The zero-order valence-electron chi connectivity index (χ0n) is 19.0. The molecule has 0 aliphatic carbocycles. The minimum absolute atomic E-state index is 0.205. The van der Waals surface area contributed by atoms with Crippen LogP contribution >= 0.6 is 0 Å². The molecule has 1 rings (SSSR count). The van der Waals surface area contributed by atoms with E-state index in [0.29, 0.717) is 12.5 Å². The van der Waals surface area contributed by atoms with E-state index in [2.05, 4.69) is 73.0 Å². The lowest BCUT2D eigenvalue weighted by atomic mass is 9.94. The second-order valence-corrected chi connectivity index (χ2v) is 20.6. The molecule has 1 aliphatic rings. The van der Waals surface area contributed by atoms with Crippen molar-refractivity contribution in [3.8, 4) is 0 Å². The van der Waals surface area contributed by atoms with Crippen LogP contribution in [-0.4, -0.2) is 53.6 Å². The van der Waals surface area contributed by atoms with E-state index in [0.717, 1.165) is 19.4 Å². The lowest BCUT2D eigenvalue weighted by molar-refractivity contribution is 0.0953. The Kier molecular flexibility index (Phi) is 8.17. The zero-order chi connectivity index (χ0) is 20.4. The van der Waals surface area contributed by atoms with Gasteiger partial charge < -0.3 is 19.3 Å². The van der Waals surface area contributed by atoms with Gasteiger partial charge in [-0.25, -0.2) is 0 Å². The summed E-state index contributed by atoms with van der Waals surface area (Å²) in [6.45, 7) is 24.9. The molecule has 0 bridgehead atoms. The molecule has 0 radical (unpaired) electrons. The van der Waals surface area contributed by atoms with Gasteiger partial charge in [0.1, 0.15) is 0 Å². The van der Waals surface area contributed by atoms with E-state index < -0.39 is 16.6 Å². The first-order chi connectivity index (χ1) is 11.6. The van der Waals surface area contributed by atoms with Gasteiger partial charge in [0.15, 0.2) is 16.6 Å². The quantitative estimate of drug-likeness (QED) is 0.574. The summed E-state index contributed by atoms with van der Waals surface area (Å²) in [6.07, 6.45) is 2.05. The van der Waals surface area contributed by atoms with E-state index in [1.165, 1.54) is 0 Å². The highest BCUT2D eigenvalue weighted by molar-refractivity contribution is 6.74. The Labute approximate surface area is 164 Å². The van der Waals surface area contributed by atoms with E-state index in [4.69, 9.17) is 8.85 Å². The molecule has 6 heteroatoms. The second-order valence-electron chi connectivity index (χ2n) is 11.0. The van der Waals surface area contributed by atoms with E-state index in [1.54, 1.807) is 0 Å². The van der Waals surface area contributed by atoms with Crippen molar-refractivity contribution >= 4 is 16.6 Å². The SMILES string of the molecule is CC(C)(C)[Si](C)(C)OC[C@H](CCO)[C@H]1NCC[C@@H]1O[Si](C)(C)C(C)(C)C. The molecule has 0 saturated carbocycles. The van der Waals surface area contributed by atoms with Crippen LogP contribution in [0.25, 0.3) is 0 Å². The molecule has 3 atom stereocenters. The minimum Gasteiger partial charge on any atom is -0.416 e. The average Bonchev–Trinajstić information content (AvgIpc) is 2.88. The molecule has 0 aromatic heterocycles. The van der Waals surface area contributed by atoms with Gasteiger partial charge in [0, 0.05) is 25.2 Å². The summed E-state index contributed by atoms with van der Waals surface area (Å²) in [5, 5.41) is 13.7. The Morgan fingerprint density at radius 1 is 1.00 bits per heavy atom. The number of hydrogen-bond acceptors (Lipinski definition) is 4. The normalized spacial score (nSPS) is 24.1. The van der Waals surface area contributed by atoms with Crippen LogP contribution in [0.1, 0.15) is 54.4 Å². The first-order valence-corrected chi connectivity index (χ1v) is 16.1. The third-order valence-corrected chi connectivity index (χ3v) is 15.9. The Balaban J connectivity index is 2.85. The summed E-state index contributed by atoms with van der Waals surface area (Å²) in [7, 11) is -3.59. The van der Waals surface area contributed by atoms with Crippen molar-refractivity contribution < 1.29 is 14.0 Å². The van der Waals surface area contributed by atoms with Crippen molar-refractivity contribution in [3.05, 3.63) is 0 Å². The molecule has 0 aromatic carbocycles. The molecule has 156 valence electrons. The van der Waals surface area contributed by atoms with E-state index in [1.807, 2.05) is 0 Å². The van der Waals surface area contributed by atoms with Crippen LogP contribution in [0.5, 0.6) is 0 Å². The molecule has 0 amide bonds. The van der Waals surface area contributed by atoms with Crippen LogP contribution in [0.3, 0.4) is 0 Å². The maximum Gasteiger partial charge on any atom is 0.192 e. The van der Waals surface area contributed by atoms with Crippen molar-refractivity contribution in [2.45, 2.75) is 103 Å². The lowest BCUT2D eigenvalue weighted by Crippen LogP contribution is -2.51. The summed E-state index contributed by atoms with van der Waals surface area (Å²) < 4.78 is 13.3. The highest BCUT2D eigenvalue weighted by atomic mass is 28.4. The van der Waals surface area contributed by atoms with Crippen molar-refractivity contribution in [1.29, 1.82) is 0 Å². The fourth-order valence-electron chi connectivity index (χ4n) is 2.93. The fraction of sp³-hybridized carbons (Fsp3) is 1.00. The van der Waals surface area contributed by atoms with Gasteiger partial charge in [-0.2, -0.15) is 0 Å². The van der Waals surface area contributed by atoms with Crippen LogP contribution in [0.15, 0.2) is 0 Å². The summed E-state index contributed by atoms with van der Waals surface area (Å²) in [6, 6.07) is 0.279. The van der Waals surface area contributed by atoms with Gasteiger partial charge in [0.2, 0.25) is 0 Å². The number of aliphatic hydroxyl groups excluding tert-OH is 1. The molecule has 1 aliphatic heterocycles. The zero-order valence-corrected chi connectivity index (χ0v) is 21.0. The monoisotopic (exact) mass is 403 g/mol. The first-order valence-electron chi connectivity index (χ1n) is 10.3. The standard InChI is InChI=1S/C20H45NO3Si2/c1-19(2,3)25(7,8)23-15-16(12-14-22)18-17(11-13-21-18)24-26(9,10)20(4,5)6/h16-18,21-22H,11-15H2,1-10H3/t16-,17-,18+/m0/s1. The molecule has 4 nitrogen and oxygen atoms in total. The predicted molar refractivity (Wildman–Crippen MR) is 117 cm³/mol. The first kappa shape index (κ1) is 24.3. The van der Waals surface area contributed by atoms with Crippen molar-refractivity contribution in [1.82, 2.24) is 5.32 Å². The van der Waals surface area contributed by atoms with Crippen LogP contribution < -0.4 is 5.32 Å². The summed E-state index contributed by atoms with van der Waals surface area (Å²) in [5.74, 6) is 0.298. The number of aliphatic hydroxyl groups is 1. The van der Waals surface area contributed by atoms with E-state index in [9.17, 15) is 5.11 Å². The number of nitrogens with one attached hydrogen (secondary N) is 1. The van der Waals surface area contributed by atoms with Gasteiger partial charge in [-0.3, -0.25) is 0 Å². The minimum atomic E-state index is -1.80. The average molecular weight is 404 g/mol. The molecule has 1 saturated heterocycles. The Hall–Kier alpha value is 0.274. The smallest absolute Gasteiger partial charge is 0.192 e. The Bertz CT molecular complexity index is 441. The molecule has 0 spiro atoms. The van der Waals surface area contributed by atoms with Gasteiger partial charge in [0.05, 0.1) is 6.10 Å². The highest BCUT2D eigenvalue weighted by Gasteiger charge is 2.44. The van der Waals surface area contributed by atoms with Crippen LogP contribution in [0.2, 0.25) is 36.3 Å². The Morgan fingerprint density at radius 3 is 2.00 bits per heavy atom. The van der Waals surface area contributed by atoms with Crippen molar-refractivity contribution in [2.24, 2.45) is 5.92 Å². The fourth-order valence-corrected chi connectivity index (χ4v) is 5.36. The topological polar surface area (TPSA) is 50.7 Å². The van der Waals surface area contributed by atoms with Gasteiger partial charge in [-0.1, -0.05) is 41.5 Å². The maximum atomic E-state index is 9.63. The highest BCUT2D eigenvalue weighted by Crippen LogP contribution is 2.40. The molecule has 26 heavy (non-hydrogen) atoms. The van der Waals surface area contributed by atoms with Gasteiger partial charge in [0.25, 0.3) is 0 Å². The summed E-state index contributed by atoms with van der Waals surface area (Å²) in [4.78, 5) is 0. The molecular weight excluding hydrogens is 358 g/mol. The molecule has 1 fully saturated rings. The summed E-state index contributed by atoms with van der Waals surface area (Å²) in [5.41, 5.74) is 0. The third kappa shape index (κ3) is 6.14. The summed E-state index contributed by atoms with van der Waals surface area (Å²) >= 11 is 0. The van der Waals surface area contributed by atoms with Gasteiger partial charge in [-0.15, -0.1) is 0 Å². The molecule has 1 heterocycles. The number of rotatable bonds is 8. The van der Waals surface area contributed by atoms with Crippen LogP contribution in [-0.2, 0) is 8.85 Å². The van der Waals surface area contributed by atoms with E-state index >= 15 is 0 Å². The number of hydrogen-bond donors (Lipinski definition) is 2. The molecule has 0 aromatic rings. The van der Waals surface area contributed by atoms with E-state index in [-0.39, 0.29) is 28.8 Å². The largest absolute Gasteiger partial charge is 0.416 e. The van der Waals surface area contributed by atoms with Crippen molar-refractivity contribution in [3.63, 3.8) is 0 Å². The van der Waals surface area contributed by atoms with Gasteiger partial charge in [-0.05, 0) is 55.7 Å². The molecule has 0 unspecified atom stereocenters. The maximum absolute atomic E-state index is 9.63. The van der Waals surface area contributed by atoms with Crippen LogP contribution in [0.4, 0.5) is 0 Å². The lowest BCUT2D eigenvalue weighted by Gasteiger charge is -2.42. The van der Waals surface area contributed by atoms with Crippen molar-refractivity contribution in [2.75, 3.05) is 19.8 Å². The van der Waals surface area contributed by atoms with Crippen LogP contribution in [0, 0.1) is 5.92 Å². The predicted octanol–water partition coefficient (Wildman–Crippen LogP) is 4.76. The molecule has 2 N–H and O–H groups in total. The Morgan fingerprint density at radius 2 is 1.54 bits per heavy atom. The van der Waals surface area contributed by atoms with Gasteiger partial charge >= 0.3 is 0 Å².